The number of nitrogens with one attached hydrogen (secondary N) is 1. The lowest BCUT2D eigenvalue weighted by Crippen LogP contribution is -2.32. The maximum Gasteiger partial charge on any atom is 0.232 e. The zero-order chi connectivity index (χ0) is 20.7. The van der Waals surface area contributed by atoms with Gasteiger partial charge in [-0.25, -0.2) is 8.42 Å². The van der Waals surface area contributed by atoms with Crippen molar-refractivity contribution in [1.29, 1.82) is 0 Å². The van der Waals surface area contributed by atoms with E-state index in [-0.39, 0.29) is 25.7 Å². The Morgan fingerprint density at radius 1 is 1.07 bits per heavy atom. The highest BCUT2D eigenvalue weighted by molar-refractivity contribution is 7.92. The van der Waals surface area contributed by atoms with E-state index in [4.69, 9.17) is 9.47 Å². The van der Waals surface area contributed by atoms with Crippen LogP contribution in [0.5, 0.6) is 11.5 Å². The second-order valence-corrected chi connectivity index (χ2v) is 8.82. The lowest BCUT2D eigenvalue weighted by molar-refractivity contribution is -0.121. The third kappa shape index (κ3) is 6.12. The summed E-state index contributed by atoms with van der Waals surface area (Å²) in [6.45, 7) is 0.948. The number of carbonyl (C=O) groups is 1. The van der Waals surface area contributed by atoms with Gasteiger partial charge in [0.05, 0.1) is 11.9 Å². The van der Waals surface area contributed by atoms with Gasteiger partial charge in [-0.1, -0.05) is 30.3 Å². The highest BCUT2D eigenvalue weighted by Gasteiger charge is 2.21. The summed E-state index contributed by atoms with van der Waals surface area (Å²) < 4.78 is 36.3. The van der Waals surface area contributed by atoms with Crippen LogP contribution in [-0.4, -0.2) is 40.5 Å². The maximum atomic E-state index is 12.2. The van der Waals surface area contributed by atoms with E-state index in [1.807, 2.05) is 18.2 Å². The van der Waals surface area contributed by atoms with Gasteiger partial charge in [0.1, 0.15) is 0 Å². The molecule has 1 heterocycles. The van der Waals surface area contributed by atoms with Crippen LogP contribution in [0, 0.1) is 0 Å². The Kier molecular flexibility index (Phi) is 6.98. The van der Waals surface area contributed by atoms with Gasteiger partial charge in [-0.15, -0.1) is 0 Å². The molecule has 1 aliphatic rings. The van der Waals surface area contributed by atoms with Gasteiger partial charge >= 0.3 is 0 Å². The Morgan fingerprint density at radius 2 is 1.83 bits per heavy atom. The van der Waals surface area contributed by atoms with Gasteiger partial charge in [0.2, 0.25) is 22.7 Å². The fraction of sp³-hybridized carbons (Fsp3) is 0.381. The van der Waals surface area contributed by atoms with Crippen molar-refractivity contribution in [2.45, 2.75) is 25.7 Å². The molecule has 0 saturated heterocycles. The molecule has 0 bridgehead atoms. The number of hydrogen-bond acceptors (Lipinski definition) is 5. The first-order chi connectivity index (χ1) is 13.9. The third-order valence-corrected chi connectivity index (χ3v) is 5.81. The molecule has 0 fully saturated rings. The van der Waals surface area contributed by atoms with E-state index in [0.29, 0.717) is 30.2 Å². The molecule has 0 atom stereocenters. The number of anilines is 1. The monoisotopic (exact) mass is 418 g/mol. The summed E-state index contributed by atoms with van der Waals surface area (Å²) >= 11 is 0. The normalized spacial score (nSPS) is 12.6. The quantitative estimate of drug-likeness (QED) is 0.600. The summed E-state index contributed by atoms with van der Waals surface area (Å²) in [4.78, 5) is 12.1. The minimum atomic E-state index is -3.48. The van der Waals surface area contributed by atoms with Crippen LogP contribution in [0.3, 0.4) is 0 Å². The van der Waals surface area contributed by atoms with Gasteiger partial charge in [-0.2, -0.15) is 0 Å². The average Bonchev–Trinajstić information content (AvgIpc) is 3.16. The second kappa shape index (κ2) is 9.65. The molecule has 0 spiro atoms. The van der Waals surface area contributed by atoms with Crippen molar-refractivity contribution < 1.29 is 22.7 Å². The van der Waals surface area contributed by atoms with Crippen LogP contribution in [0.1, 0.15) is 24.8 Å². The molecule has 0 radical (unpaired) electrons. The van der Waals surface area contributed by atoms with Gasteiger partial charge in [0.25, 0.3) is 0 Å². The Hall–Kier alpha value is -2.74. The third-order valence-electron chi connectivity index (χ3n) is 4.62. The smallest absolute Gasteiger partial charge is 0.232 e. The number of nitrogens with zero attached hydrogens (tertiary/aromatic N) is 1. The van der Waals surface area contributed by atoms with Gasteiger partial charge in [0.15, 0.2) is 11.5 Å². The number of ether oxygens (including phenoxy) is 2. The number of sulfonamides is 1. The first-order valence-electron chi connectivity index (χ1n) is 9.61. The molecule has 7 nitrogen and oxygen atoms in total. The topological polar surface area (TPSA) is 84.9 Å². The SMILES string of the molecule is CS(=O)(=O)N(CCCC(=O)NCCCc1ccccc1)c1ccc2c(c1)OCO2. The maximum absolute atomic E-state index is 12.2. The second-order valence-electron chi connectivity index (χ2n) is 6.92. The highest BCUT2D eigenvalue weighted by atomic mass is 32.2. The van der Waals surface area contributed by atoms with E-state index >= 15 is 0 Å². The molecule has 29 heavy (non-hydrogen) atoms. The molecule has 0 unspecified atom stereocenters. The van der Waals surface area contributed by atoms with Gasteiger partial charge in [-0.05, 0) is 37.0 Å². The largest absolute Gasteiger partial charge is 0.454 e. The number of carbonyl (C=O) groups excluding carboxylic acids is 1. The minimum Gasteiger partial charge on any atom is -0.454 e. The molecule has 156 valence electrons. The summed E-state index contributed by atoms with van der Waals surface area (Å²) in [6.07, 6.45) is 3.62. The molecule has 0 aromatic heterocycles. The van der Waals surface area contributed by atoms with Crippen LogP contribution < -0.4 is 19.1 Å². The molecular weight excluding hydrogens is 392 g/mol. The van der Waals surface area contributed by atoms with Crippen molar-refractivity contribution in [3.05, 3.63) is 54.1 Å². The molecule has 0 aliphatic carbocycles. The van der Waals surface area contributed by atoms with Crippen molar-refractivity contribution in [2.75, 3.05) is 30.4 Å². The minimum absolute atomic E-state index is 0.0720. The highest BCUT2D eigenvalue weighted by Crippen LogP contribution is 2.36. The Balaban J connectivity index is 1.44. The number of fused-ring (bicyclic) bond motifs is 1. The fourth-order valence-corrected chi connectivity index (χ4v) is 4.12. The van der Waals surface area contributed by atoms with Crippen LogP contribution in [0.15, 0.2) is 48.5 Å². The van der Waals surface area contributed by atoms with Crippen molar-refractivity contribution in [2.24, 2.45) is 0 Å². The average molecular weight is 419 g/mol. The zero-order valence-electron chi connectivity index (χ0n) is 16.5. The molecular formula is C21H26N2O5S. The Bertz CT molecular complexity index is 931. The summed E-state index contributed by atoms with van der Waals surface area (Å²) in [7, 11) is -3.48. The number of amides is 1. The van der Waals surface area contributed by atoms with E-state index < -0.39 is 10.0 Å². The van der Waals surface area contributed by atoms with Gasteiger partial charge in [0, 0.05) is 25.6 Å². The molecule has 8 heteroatoms. The van der Waals surface area contributed by atoms with Crippen LogP contribution in [0.25, 0.3) is 0 Å². The number of benzene rings is 2. The van der Waals surface area contributed by atoms with E-state index in [1.54, 1.807) is 18.2 Å². The van der Waals surface area contributed by atoms with Gasteiger partial charge in [-0.3, -0.25) is 9.10 Å². The summed E-state index contributed by atoms with van der Waals surface area (Å²) in [5.41, 5.74) is 1.74. The molecule has 1 amide bonds. The van der Waals surface area contributed by atoms with Crippen LogP contribution in [0.2, 0.25) is 0 Å². The summed E-state index contributed by atoms with van der Waals surface area (Å²) in [6, 6.07) is 15.1. The molecule has 2 aromatic carbocycles. The molecule has 1 aliphatic heterocycles. The molecule has 3 rings (SSSR count). The Labute approximate surface area is 171 Å². The predicted molar refractivity (Wildman–Crippen MR) is 112 cm³/mol. The van der Waals surface area contributed by atoms with Crippen LogP contribution in [-0.2, 0) is 21.2 Å². The van der Waals surface area contributed by atoms with Crippen molar-refractivity contribution >= 4 is 21.6 Å². The summed E-state index contributed by atoms with van der Waals surface area (Å²) in [5.74, 6) is 1.04. The predicted octanol–water partition coefficient (Wildman–Crippen LogP) is 2.71. The van der Waals surface area contributed by atoms with Crippen molar-refractivity contribution in [3.8, 4) is 11.5 Å². The summed E-state index contributed by atoms with van der Waals surface area (Å²) in [5, 5.41) is 2.90. The first-order valence-corrected chi connectivity index (χ1v) is 11.5. The van der Waals surface area contributed by atoms with E-state index in [1.165, 1.54) is 9.87 Å². The Morgan fingerprint density at radius 3 is 2.59 bits per heavy atom. The molecule has 0 saturated carbocycles. The van der Waals surface area contributed by atoms with Crippen LogP contribution >= 0.6 is 0 Å². The van der Waals surface area contributed by atoms with Crippen LogP contribution in [0.4, 0.5) is 5.69 Å². The van der Waals surface area contributed by atoms with Crippen molar-refractivity contribution in [3.63, 3.8) is 0 Å². The number of aryl methyl sites for hydroxylation is 1. The van der Waals surface area contributed by atoms with Gasteiger partial charge < -0.3 is 14.8 Å². The lowest BCUT2D eigenvalue weighted by atomic mass is 10.1. The van der Waals surface area contributed by atoms with Crippen molar-refractivity contribution in [1.82, 2.24) is 5.32 Å². The van der Waals surface area contributed by atoms with E-state index in [9.17, 15) is 13.2 Å². The van der Waals surface area contributed by atoms with E-state index in [0.717, 1.165) is 19.1 Å². The first kappa shape index (κ1) is 21.0. The number of hydrogen-bond donors (Lipinski definition) is 1. The standard InChI is InChI=1S/C21H26N2O5S/c1-29(25,26)23(18-11-12-19-20(15-18)28-16-27-19)14-6-10-21(24)22-13-5-9-17-7-3-2-4-8-17/h2-4,7-8,11-12,15H,5-6,9-10,13-14,16H2,1H3,(H,22,24). The molecule has 1 N–H and O–H groups in total. The molecule has 2 aromatic rings. The fourth-order valence-electron chi connectivity index (χ4n) is 3.16. The van der Waals surface area contributed by atoms with E-state index in [2.05, 4.69) is 17.4 Å². The number of rotatable bonds is 10. The zero-order valence-corrected chi connectivity index (χ0v) is 17.3. The lowest BCUT2D eigenvalue weighted by Gasteiger charge is -2.22.